The van der Waals surface area contributed by atoms with Gasteiger partial charge < -0.3 is 36.2 Å². The highest BCUT2D eigenvalue weighted by Crippen LogP contribution is 2.34. The summed E-state index contributed by atoms with van der Waals surface area (Å²) in [6.07, 6.45) is -1.04. The molecule has 0 spiro atoms. The van der Waals surface area contributed by atoms with Crippen LogP contribution in [-0.2, 0) is 14.3 Å². The van der Waals surface area contributed by atoms with Crippen LogP contribution in [0.1, 0.15) is 26.2 Å². The number of aromatic nitrogens is 1. The molecule has 3 aliphatic rings. The van der Waals surface area contributed by atoms with Crippen molar-refractivity contribution < 1.29 is 34.3 Å². The first-order chi connectivity index (χ1) is 18.1. The monoisotopic (exact) mass is 570 g/mol. The molecule has 3 saturated heterocycles. The first-order valence-corrected chi connectivity index (χ1v) is 14.1. The van der Waals surface area contributed by atoms with Gasteiger partial charge in [0.1, 0.15) is 29.9 Å². The number of fused-ring (bicyclic) bond motifs is 1. The van der Waals surface area contributed by atoms with Crippen LogP contribution in [0.5, 0.6) is 0 Å². The smallest absolute Gasteiger partial charge is 0.315 e. The number of hydrogen-bond donors (Lipinski definition) is 6. The quantitative estimate of drug-likeness (QED) is 0.120. The zero-order chi connectivity index (χ0) is 27.4. The van der Waals surface area contributed by atoms with Crippen molar-refractivity contribution in [2.75, 3.05) is 12.3 Å². The summed E-state index contributed by atoms with van der Waals surface area (Å²) >= 11 is 2.79. The third-order valence-electron chi connectivity index (χ3n) is 6.57. The van der Waals surface area contributed by atoms with Gasteiger partial charge in [-0.05, 0) is 18.9 Å². The largest absolute Gasteiger partial charge is 0.388 e. The van der Waals surface area contributed by atoms with E-state index in [1.807, 2.05) is 0 Å². The number of nitrogens with zero attached hydrogens (tertiary/aromatic N) is 2. The summed E-state index contributed by atoms with van der Waals surface area (Å²) in [5, 5.41) is 43.9. The molecule has 16 heteroatoms. The number of rotatable bonds is 10. The number of aliphatic hydroxyl groups is 2. The number of nitro groups is 1. The van der Waals surface area contributed by atoms with Crippen molar-refractivity contribution in [3.05, 3.63) is 28.4 Å². The van der Waals surface area contributed by atoms with Crippen LogP contribution in [0.3, 0.4) is 0 Å². The van der Waals surface area contributed by atoms with E-state index in [1.54, 1.807) is 11.8 Å². The number of carbonyl (C=O) groups excluding carboxylic acids is 3. The van der Waals surface area contributed by atoms with Crippen molar-refractivity contribution >= 4 is 47.1 Å². The van der Waals surface area contributed by atoms with Crippen LogP contribution in [0.2, 0.25) is 0 Å². The number of aliphatic hydroxyl groups excluding tert-OH is 2. The molecular formula is C22H30N6O8S2. The van der Waals surface area contributed by atoms with Crippen molar-refractivity contribution in [2.24, 2.45) is 0 Å². The zero-order valence-corrected chi connectivity index (χ0v) is 22.1. The number of hydrogen-bond acceptors (Lipinski definition) is 11. The Bertz CT molecular complexity index is 1050. The number of carbonyl (C=O) groups is 3. The molecule has 2 unspecified atom stereocenters. The van der Waals surface area contributed by atoms with E-state index in [0.717, 1.165) is 30.1 Å². The fourth-order valence-electron chi connectivity index (χ4n) is 4.67. The maximum atomic E-state index is 12.5. The Morgan fingerprint density at radius 2 is 2.11 bits per heavy atom. The number of amides is 4. The topological polar surface area (TPSA) is 205 Å². The highest BCUT2D eigenvalue weighted by molar-refractivity contribution is 8.00. The minimum absolute atomic E-state index is 0.0686. The molecule has 4 rings (SSSR count). The molecule has 6 N–H and O–H groups in total. The van der Waals surface area contributed by atoms with Crippen LogP contribution in [0.15, 0.2) is 23.4 Å². The molecule has 1 aromatic rings. The normalized spacial score (nSPS) is 32.1. The second-order valence-corrected chi connectivity index (χ2v) is 11.7. The molecule has 0 aliphatic carbocycles. The molecule has 4 amide bonds. The van der Waals surface area contributed by atoms with Crippen LogP contribution in [0.25, 0.3) is 0 Å². The van der Waals surface area contributed by atoms with Crippen molar-refractivity contribution in [3.63, 3.8) is 0 Å². The summed E-state index contributed by atoms with van der Waals surface area (Å²) < 4.78 is 5.96. The maximum Gasteiger partial charge on any atom is 0.315 e. The van der Waals surface area contributed by atoms with Crippen molar-refractivity contribution in [1.29, 1.82) is 0 Å². The Hall–Kier alpha value is -2.66. The molecule has 0 radical (unpaired) electrons. The van der Waals surface area contributed by atoms with Crippen LogP contribution >= 0.6 is 23.5 Å². The Morgan fingerprint density at radius 3 is 2.79 bits per heavy atom. The van der Waals surface area contributed by atoms with Gasteiger partial charge in [0.15, 0.2) is 0 Å². The molecule has 3 aliphatic heterocycles. The predicted molar refractivity (Wildman–Crippen MR) is 137 cm³/mol. The molecule has 38 heavy (non-hydrogen) atoms. The molecule has 0 saturated carbocycles. The first-order valence-electron chi connectivity index (χ1n) is 12.1. The van der Waals surface area contributed by atoms with Gasteiger partial charge in [-0.1, -0.05) is 11.8 Å². The van der Waals surface area contributed by atoms with Crippen LogP contribution in [0.4, 0.5) is 10.5 Å². The minimum Gasteiger partial charge on any atom is -0.388 e. The molecule has 8 atom stereocenters. The van der Waals surface area contributed by atoms with Gasteiger partial charge in [-0.15, -0.1) is 0 Å². The van der Waals surface area contributed by atoms with Gasteiger partial charge in [0.2, 0.25) is 11.8 Å². The van der Waals surface area contributed by atoms with E-state index in [9.17, 15) is 34.7 Å². The maximum absolute atomic E-state index is 12.5. The van der Waals surface area contributed by atoms with Crippen molar-refractivity contribution in [3.8, 4) is 0 Å². The lowest BCUT2D eigenvalue weighted by molar-refractivity contribution is -0.385. The summed E-state index contributed by atoms with van der Waals surface area (Å²) in [7, 11) is 0. The van der Waals surface area contributed by atoms with Gasteiger partial charge in [0, 0.05) is 37.0 Å². The summed E-state index contributed by atoms with van der Waals surface area (Å²) in [6.45, 7) is 1.19. The summed E-state index contributed by atoms with van der Waals surface area (Å²) in [5.74, 6) is 0.153. The van der Waals surface area contributed by atoms with Gasteiger partial charge in [0.25, 0.3) is 5.69 Å². The summed E-state index contributed by atoms with van der Waals surface area (Å²) in [6, 6.07) is 1.74. The summed E-state index contributed by atoms with van der Waals surface area (Å²) in [5.41, 5.74) is -1.08. The fourth-order valence-corrected chi connectivity index (χ4v) is 7.28. The highest BCUT2D eigenvalue weighted by atomic mass is 32.2. The van der Waals surface area contributed by atoms with E-state index in [1.165, 1.54) is 19.1 Å². The van der Waals surface area contributed by atoms with Gasteiger partial charge in [0.05, 0.1) is 28.1 Å². The molecule has 0 aromatic carbocycles. The third kappa shape index (κ3) is 6.85. The lowest BCUT2D eigenvalue weighted by Gasteiger charge is -2.42. The van der Waals surface area contributed by atoms with Gasteiger partial charge in [-0.3, -0.25) is 19.7 Å². The fraction of sp³-hybridized carbons (Fsp3) is 0.636. The zero-order valence-electron chi connectivity index (χ0n) is 20.4. The van der Waals surface area contributed by atoms with E-state index < -0.39 is 40.6 Å². The predicted octanol–water partition coefficient (Wildman–Crippen LogP) is -0.515. The van der Waals surface area contributed by atoms with E-state index in [2.05, 4.69) is 26.3 Å². The highest BCUT2D eigenvalue weighted by Gasteiger charge is 2.46. The Labute approximate surface area is 226 Å². The van der Waals surface area contributed by atoms with E-state index in [0.29, 0.717) is 11.4 Å². The second-order valence-electron chi connectivity index (χ2n) is 9.30. The SMILES string of the molecule is CC(=O)NC1[C@@H](O)[C@H](O)C(CNC(=O)CCC[C@@H]2SC[C@@H]3NC(=O)N[C@@H]32)O[C@H]1Sc1ccc([N+](=O)[O-])cn1. The molecular weight excluding hydrogens is 540 g/mol. The van der Waals surface area contributed by atoms with Gasteiger partial charge in [-0.25, -0.2) is 9.78 Å². The molecule has 3 fully saturated rings. The van der Waals surface area contributed by atoms with Crippen LogP contribution in [-0.4, -0.2) is 97.4 Å². The van der Waals surface area contributed by atoms with Crippen LogP contribution < -0.4 is 21.3 Å². The Kier molecular flexibility index (Phi) is 9.30. The lowest BCUT2D eigenvalue weighted by Crippen LogP contribution is -2.64. The number of urea groups is 1. The molecule has 0 bridgehead atoms. The Morgan fingerprint density at radius 1 is 1.32 bits per heavy atom. The number of thioether (sulfide) groups is 2. The average Bonchev–Trinajstić information content (AvgIpc) is 3.42. The molecule has 208 valence electrons. The number of pyridine rings is 1. The van der Waals surface area contributed by atoms with E-state index in [4.69, 9.17) is 4.74 Å². The lowest BCUT2D eigenvalue weighted by atomic mass is 9.97. The van der Waals surface area contributed by atoms with E-state index >= 15 is 0 Å². The van der Waals surface area contributed by atoms with Crippen molar-refractivity contribution in [1.82, 2.24) is 26.3 Å². The first kappa shape index (κ1) is 28.4. The standard InChI is InChI=1S/C22H30N6O8S2/c1-10(29)25-18-20(32)19(31)13(36-21(18)38-16-6-5-11(7-24-16)28(34)35)8-23-15(30)4-2-3-14-17-12(9-37-14)26-22(33)27-17/h5-7,12-14,17-21,31-32H,2-4,8-9H2,1H3,(H,23,30)(H,25,29)(H2,26,27,33)/t12-,13?,14-,17-,18?,19+,20+,21-/m0/s1. The minimum atomic E-state index is -1.40. The number of ether oxygens (including phenoxy) is 1. The summed E-state index contributed by atoms with van der Waals surface area (Å²) in [4.78, 5) is 50.0. The van der Waals surface area contributed by atoms with Crippen molar-refractivity contribution in [2.45, 2.75) is 78.3 Å². The average molecular weight is 571 g/mol. The second kappa shape index (κ2) is 12.5. The van der Waals surface area contributed by atoms with Crippen LogP contribution in [0, 0.1) is 10.1 Å². The molecule has 4 heterocycles. The van der Waals surface area contributed by atoms with E-state index in [-0.39, 0.29) is 47.9 Å². The molecule has 1 aromatic heterocycles. The molecule has 14 nitrogen and oxygen atoms in total. The Balaban J connectivity index is 1.30. The third-order valence-corrected chi connectivity index (χ3v) is 9.20. The van der Waals surface area contributed by atoms with Gasteiger partial charge >= 0.3 is 6.03 Å². The number of nitrogens with one attached hydrogen (secondary N) is 4. The van der Waals surface area contributed by atoms with Gasteiger partial charge in [-0.2, -0.15) is 11.8 Å².